The maximum Gasteiger partial charge on any atom is 0.217 e. The Labute approximate surface area is 81.5 Å². The Hall–Kier alpha value is -1.20. The van der Waals surface area contributed by atoms with Gasteiger partial charge in [0.1, 0.15) is 0 Å². The van der Waals surface area contributed by atoms with E-state index in [9.17, 15) is 4.39 Å². The van der Waals surface area contributed by atoms with Crippen LogP contribution in [-0.4, -0.2) is 17.3 Å². The Morgan fingerprint density at radius 3 is 3.00 bits per heavy atom. The molecule has 76 valence electrons. The number of rotatable bonds is 2. The fourth-order valence-electron chi connectivity index (χ4n) is 1.35. The average molecular weight is 197 g/mol. The van der Waals surface area contributed by atoms with Gasteiger partial charge in [0, 0.05) is 18.5 Å². The summed E-state index contributed by atoms with van der Waals surface area (Å²) in [7, 11) is 0. The first kappa shape index (κ1) is 9.36. The zero-order valence-corrected chi connectivity index (χ0v) is 7.83. The molecule has 0 spiro atoms. The SMILES string of the molecule is CC1CC(Oc2cccc(F)n2)NN1. The first-order valence-electron chi connectivity index (χ1n) is 4.54. The minimum absolute atomic E-state index is 0.140. The minimum atomic E-state index is -0.526. The number of hydrazine groups is 1. The second-order valence-corrected chi connectivity index (χ2v) is 3.33. The molecule has 1 fully saturated rings. The highest BCUT2D eigenvalue weighted by molar-refractivity contribution is 5.10. The molecule has 1 saturated heterocycles. The topological polar surface area (TPSA) is 46.2 Å². The quantitative estimate of drug-likeness (QED) is 0.689. The van der Waals surface area contributed by atoms with Gasteiger partial charge in [0.2, 0.25) is 11.8 Å². The smallest absolute Gasteiger partial charge is 0.217 e. The van der Waals surface area contributed by atoms with Gasteiger partial charge in [-0.1, -0.05) is 6.07 Å². The molecule has 14 heavy (non-hydrogen) atoms. The van der Waals surface area contributed by atoms with Crippen LogP contribution in [0.1, 0.15) is 13.3 Å². The Morgan fingerprint density at radius 2 is 2.36 bits per heavy atom. The lowest BCUT2D eigenvalue weighted by molar-refractivity contribution is 0.170. The summed E-state index contributed by atoms with van der Waals surface area (Å²) in [4.78, 5) is 3.61. The molecule has 2 unspecified atom stereocenters. The Kier molecular flexibility index (Phi) is 2.60. The van der Waals surface area contributed by atoms with Crippen molar-refractivity contribution < 1.29 is 9.13 Å². The van der Waals surface area contributed by atoms with Gasteiger partial charge in [0.15, 0.2) is 6.23 Å². The van der Waals surface area contributed by atoms with Crippen molar-refractivity contribution in [1.82, 2.24) is 15.8 Å². The van der Waals surface area contributed by atoms with E-state index in [1.807, 2.05) is 6.92 Å². The number of pyridine rings is 1. The molecule has 1 aliphatic rings. The number of nitrogens with one attached hydrogen (secondary N) is 2. The second-order valence-electron chi connectivity index (χ2n) is 3.33. The predicted octanol–water partition coefficient (Wildman–Crippen LogP) is 0.812. The van der Waals surface area contributed by atoms with Crippen molar-refractivity contribution in [2.45, 2.75) is 25.6 Å². The van der Waals surface area contributed by atoms with Crippen LogP contribution in [0.2, 0.25) is 0 Å². The largest absolute Gasteiger partial charge is 0.457 e. The van der Waals surface area contributed by atoms with Crippen molar-refractivity contribution in [3.05, 3.63) is 24.1 Å². The van der Waals surface area contributed by atoms with E-state index in [-0.39, 0.29) is 6.23 Å². The lowest BCUT2D eigenvalue weighted by atomic mass is 10.2. The van der Waals surface area contributed by atoms with Crippen LogP contribution in [0.4, 0.5) is 4.39 Å². The summed E-state index contributed by atoms with van der Waals surface area (Å²) in [6, 6.07) is 4.85. The molecule has 2 heterocycles. The molecule has 5 heteroatoms. The predicted molar refractivity (Wildman–Crippen MR) is 49.0 cm³/mol. The molecule has 0 amide bonds. The van der Waals surface area contributed by atoms with Crippen LogP contribution in [0.5, 0.6) is 5.88 Å². The number of halogens is 1. The Balaban J connectivity index is 1.97. The Morgan fingerprint density at radius 1 is 1.50 bits per heavy atom. The molecular weight excluding hydrogens is 185 g/mol. The molecule has 1 aromatic rings. The van der Waals surface area contributed by atoms with E-state index in [1.165, 1.54) is 6.07 Å². The molecule has 2 N–H and O–H groups in total. The molecule has 0 saturated carbocycles. The lowest BCUT2D eigenvalue weighted by Gasteiger charge is -2.11. The first-order valence-corrected chi connectivity index (χ1v) is 4.54. The van der Waals surface area contributed by atoms with Gasteiger partial charge >= 0.3 is 0 Å². The molecule has 0 aromatic carbocycles. The summed E-state index contributed by atoms with van der Waals surface area (Å²) in [5.41, 5.74) is 5.95. The summed E-state index contributed by atoms with van der Waals surface area (Å²) in [5, 5.41) is 0. The average Bonchev–Trinajstić information content (AvgIpc) is 2.51. The van der Waals surface area contributed by atoms with Crippen LogP contribution < -0.4 is 15.6 Å². The van der Waals surface area contributed by atoms with Gasteiger partial charge in [0.05, 0.1) is 0 Å². The third kappa shape index (κ3) is 2.18. The molecule has 4 nitrogen and oxygen atoms in total. The third-order valence-electron chi connectivity index (χ3n) is 2.01. The lowest BCUT2D eigenvalue weighted by Crippen LogP contribution is -2.35. The zero-order chi connectivity index (χ0) is 9.97. The number of hydrogen-bond donors (Lipinski definition) is 2. The maximum atomic E-state index is 12.7. The van der Waals surface area contributed by atoms with Gasteiger partial charge < -0.3 is 4.74 Å². The standard InChI is InChI=1S/C9H12FN3O/c1-6-5-9(13-12-6)14-8-4-2-3-7(10)11-8/h2-4,6,9,12-13H,5H2,1H3. The highest BCUT2D eigenvalue weighted by Crippen LogP contribution is 2.12. The van der Waals surface area contributed by atoms with Gasteiger partial charge in [-0.25, -0.2) is 5.43 Å². The highest BCUT2D eigenvalue weighted by atomic mass is 19.1. The highest BCUT2D eigenvalue weighted by Gasteiger charge is 2.21. The zero-order valence-electron chi connectivity index (χ0n) is 7.83. The summed E-state index contributed by atoms with van der Waals surface area (Å²) >= 11 is 0. The summed E-state index contributed by atoms with van der Waals surface area (Å²) in [5.74, 6) is -0.222. The second kappa shape index (κ2) is 3.89. The number of ether oxygens (including phenoxy) is 1. The fraction of sp³-hybridized carbons (Fsp3) is 0.444. The fourth-order valence-corrected chi connectivity index (χ4v) is 1.35. The van der Waals surface area contributed by atoms with Crippen molar-refractivity contribution in [3.63, 3.8) is 0 Å². The number of nitrogens with zero attached hydrogens (tertiary/aromatic N) is 1. The van der Waals surface area contributed by atoms with E-state index < -0.39 is 5.95 Å². The number of hydrogen-bond acceptors (Lipinski definition) is 4. The van der Waals surface area contributed by atoms with Gasteiger partial charge in [-0.15, -0.1) is 0 Å². The first-order chi connectivity index (χ1) is 6.74. The van der Waals surface area contributed by atoms with E-state index in [2.05, 4.69) is 15.8 Å². The van der Waals surface area contributed by atoms with Gasteiger partial charge in [-0.3, -0.25) is 5.43 Å². The summed E-state index contributed by atoms with van der Waals surface area (Å²) in [6.45, 7) is 2.04. The van der Waals surface area contributed by atoms with Gasteiger partial charge in [0.25, 0.3) is 0 Å². The molecule has 1 aliphatic heterocycles. The van der Waals surface area contributed by atoms with Crippen LogP contribution in [-0.2, 0) is 0 Å². The van der Waals surface area contributed by atoms with Crippen molar-refractivity contribution in [2.75, 3.05) is 0 Å². The molecule has 0 radical (unpaired) electrons. The molecule has 0 aliphatic carbocycles. The molecule has 2 rings (SSSR count). The van der Waals surface area contributed by atoms with Crippen LogP contribution in [0.3, 0.4) is 0 Å². The van der Waals surface area contributed by atoms with Crippen LogP contribution in [0.15, 0.2) is 18.2 Å². The van der Waals surface area contributed by atoms with E-state index in [1.54, 1.807) is 12.1 Å². The van der Waals surface area contributed by atoms with E-state index >= 15 is 0 Å². The van der Waals surface area contributed by atoms with E-state index in [4.69, 9.17) is 4.74 Å². The maximum absolute atomic E-state index is 12.7. The van der Waals surface area contributed by atoms with Crippen LogP contribution in [0.25, 0.3) is 0 Å². The normalized spacial score (nSPS) is 26.4. The van der Waals surface area contributed by atoms with Crippen molar-refractivity contribution >= 4 is 0 Å². The summed E-state index contributed by atoms with van der Waals surface area (Å²) in [6.07, 6.45) is 0.692. The van der Waals surface area contributed by atoms with E-state index in [0.29, 0.717) is 11.9 Å². The third-order valence-corrected chi connectivity index (χ3v) is 2.01. The van der Waals surface area contributed by atoms with Gasteiger partial charge in [-0.2, -0.15) is 9.37 Å². The monoisotopic (exact) mass is 197 g/mol. The molecule has 2 atom stereocenters. The molecular formula is C9H12FN3O. The van der Waals surface area contributed by atoms with E-state index in [0.717, 1.165) is 6.42 Å². The van der Waals surface area contributed by atoms with Gasteiger partial charge in [-0.05, 0) is 13.0 Å². The van der Waals surface area contributed by atoms with Crippen LogP contribution in [0, 0.1) is 5.95 Å². The van der Waals surface area contributed by atoms with Crippen molar-refractivity contribution in [3.8, 4) is 5.88 Å². The minimum Gasteiger partial charge on any atom is -0.457 e. The van der Waals surface area contributed by atoms with Crippen molar-refractivity contribution in [1.29, 1.82) is 0 Å². The van der Waals surface area contributed by atoms with Crippen molar-refractivity contribution in [2.24, 2.45) is 0 Å². The van der Waals surface area contributed by atoms with Crippen LogP contribution >= 0.6 is 0 Å². The molecule has 1 aromatic heterocycles. The Bertz CT molecular complexity index is 321. The molecule has 0 bridgehead atoms. The number of aromatic nitrogens is 1. The summed E-state index contributed by atoms with van der Waals surface area (Å²) < 4.78 is 18.1.